The fourth-order valence-corrected chi connectivity index (χ4v) is 5.41. The highest BCUT2D eigenvalue weighted by molar-refractivity contribution is 5.88. The van der Waals surface area contributed by atoms with E-state index in [9.17, 15) is 0 Å². The van der Waals surface area contributed by atoms with Gasteiger partial charge in [-0.1, -0.05) is 72.8 Å². The first kappa shape index (κ1) is 18.4. The molecule has 2 nitrogen and oxygen atoms in total. The first-order chi connectivity index (χ1) is 15.3. The molecule has 31 heavy (non-hydrogen) atoms. The number of nitrogens with two attached hydrogens (primary N) is 1. The molecule has 6 rings (SSSR count). The topological polar surface area (TPSA) is 29.3 Å². The van der Waals surface area contributed by atoms with E-state index in [-0.39, 0.29) is 0 Å². The second-order valence-electron chi connectivity index (χ2n) is 8.57. The molecule has 0 aromatic heterocycles. The van der Waals surface area contributed by atoms with Gasteiger partial charge in [-0.05, 0) is 69.6 Å². The molecular weight excluding hydrogens is 376 g/mol. The molecule has 2 heteroatoms. The molecule has 0 bridgehead atoms. The largest absolute Gasteiger partial charge is 0.341 e. The van der Waals surface area contributed by atoms with Gasteiger partial charge < -0.3 is 10.6 Å². The van der Waals surface area contributed by atoms with Gasteiger partial charge in [0.05, 0.1) is 0 Å². The highest BCUT2D eigenvalue weighted by Gasteiger charge is 2.27. The Balaban J connectivity index is 1.50. The van der Waals surface area contributed by atoms with Gasteiger partial charge in [-0.15, -0.1) is 0 Å². The molecule has 0 aliphatic heterocycles. The standard InChI is InChI=1S/C29H26N2/c30-16-7-17-31(28-14-5-12-24-22-10-3-1-8-20(22)18-26(24)28)29-15-6-13-25-23-11-4-2-9-21(23)19-27(25)29/h1-6,8-15H,7,16-19,30H2. The Morgan fingerprint density at radius 2 is 1.06 bits per heavy atom. The van der Waals surface area contributed by atoms with Crippen LogP contribution in [0.5, 0.6) is 0 Å². The maximum absolute atomic E-state index is 5.97. The molecule has 0 spiro atoms. The molecule has 0 atom stereocenters. The third-order valence-electron chi connectivity index (χ3n) is 6.82. The fraction of sp³-hybridized carbons (Fsp3) is 0.172. The Labute approximate surface area is 184 Å². The van der Waals surface area contributed by atoms with Gasteiger partial charge in [0.2, 0.25) is 0 Å². The van der Waals surface area contributed by atoms with E-state index < -0.39 is 0 Å². The van der Waals surface area contributed by atoms with E-state index >= 15 is 0 Å². The normalized spacial score (nSPS) is 12.8. The molecule has 0 radical (unpaired) electrons. The molecule has 2 aliphatic rings. The van der Waals surface area contributed by atoms with E-state index in [1.807, 2.05) is 0 Å². The molecule has 4 aromatic rings. The van der Waals surface area contributed by atoms with Crippen molar-refractivity contribution >= 4 is 11.4 Å². The lowest BCUT2D eigenvalue weighted by Crippen LogP contribution is -2.23. The molecule has 2 N–H and O–H groups in total. The van der Waals surface area contributed by atoms with E-state index in [1.165, 1.54) is 55.9 Å². The summed E-state index contributed by atoms with van der Waals surface area (Å²) in [6, 6.07) is 31.2. The van der Waals surface area contributed by atoms with E-state index in [1.54, 1.807) is 0 Å². The minimum atomic E-state index is 0.695. The van der Waals surface area contributed by atoms with Gasteiger partial charge in [-0.3, -0.25) is 0 Å². The molecule has 0 fully saturated rings. The van der Waals surface area contributed by atoms with Crippen molar-refractivity contribution in [2.75, 3.05) is 18.0 Å². The lowest BCUT2D eigenvalue weighted by atomic mass is 10.0. The molecular formula is C29H26N2. The SMILES string of the molecule is NCCCN(c1cccc2c1Cc1ccccc1-2)c1cccc2c1Cc1ccccc1-2. The van der Waals surface area contributed by atoms with Crippen LogP contribution in [0, 0.1) is 0 Å². The number of rotatable bonds is 5. The van der Waals surface area contributed by atoms with Crippen molar-refractivity contribution in [2.45, 2.75) is 19.3 Å². The number of anilines is 2. The van der Waals surface area contributed by atoms with Crippen LogP contribution >= 0.6 is 0 Å². The van der Waals surface area contributed by atoms with Crippen LogP contribution in [0.1, 0.15) is 28.7 Å². The Bertz CT molecular complexity index is 1190. The van der Waals surface area contributed by atoms with Crippen molar-refractivity contribution in [3.05, 3.63) is 107 Å². The maximum atomic E-state index is 5.97. The smallest absolute Gasteiger partial charge is 0.0453 e. The summed E-state index contributed by atoms with van der Waals surface area (Å²) in [7, 11) is 0. The van der Waals surface area contributed by atoms with Gasteiger partial charge in [0.1, 0.15) is 0 Å². The summed E-state index contributed by atoms with van der Waals surface area (Å²) in [5, 5.41) is 0. The minimum absolute atomic E-state index is 0.695. The van der Waals surface area contributed by atoms with Crippen LogP contribution in [0.4, 0.5) is 11.4 Å². The maximum Gasteiger partial charge on any atom is 0.0453 e. The highest BCUT2D eigenvalue weighted by atomic mass is 15.1. The second kappa shape index (κ2) is 7.40. The molecule has 0 heterocycles. The summed E-state index contributed by atoms with van der Waals surface area (Å²) in [5.41, 5.74) is 19.9. The zero-order valence-corrected chi connectivity index (χ0v) is 17.6. The summed E-state index contributed by atoms with van der Waals surface area (Å²) < 4.78 is 0. The fourth-order valence-electron chi connectivity index (χ4n) is 5.41. The minimum Gasteiger partial charge on any atom is -0.341 e. The number of benzene rings is 4. The van der Waals surface area contributed by atoms with Crippen molar-refractivity contribution in [1.29, 1.82) is 0 Å². The summed E-state index contributed by atoms with van der Waals surface area (Å²) in [6.45, 7) is 1.62. The summed E-state index contributed by atoms with van der Waals surface area (Å²) in [4.78, 5) is 2.53. The van der Waals surface area contributed by atoms with Gasteiger partial charge >= 0.3 is 0 Å². The van der Waals surface area contributed by atoms with Crippen LogP contribution in [-0.4, -0.2) is 13.1 Å². The zero-order chi connectivity index (χ0) is 20.8. The molecule has 152 valence electrons. The van der Waals surface area contributed by atoms with Crippen LogP contribution in [-0.2, 0) is 12.8 Å². The van der Waals surface area contributed by atoms with Crippen molar-refractivity contribution in [3.8, 4) is 22.3 Å². The summed E-state index contributed by atoms with van der Waals surface area (Å²) in [6.07, 6.45) is 2.96. The summed E-state index contributed by atoms with van der Waals surface area (Å²) >= 11 is 0. The average Bonchev–Trinajstić information content (AvgIpc) is 3.38. The van der Waals surface area contributed by atoms with E-state index in [0.29, 0.717) is 6.54 Å². The van der Waals surface area contributed by atoms with Gasteiger partial charge in [0, 0.05) is 30.8 Å². The van der Waals surface area contributed by atoms with E-state index in [4.69, 9.17) is 5.73 Å². The van der Waals surface area contributed by atoms with Crippen LogP contribution in [0.3, 0.4) is 0 Å². The predicted octanol–water partition coefficient (Wildman–Crippen LogP) is 6.32. The van der Waals surface area contributed by atoms with E-state index in [0.717, 1.165) is 25.8 Å². The number of nitrogens with zero attached hydrogens (tertiary/aromatic N) is 1. The molecule has 0 saturated carbocycles. The monoisotopic (exact) mass is 402 g/mol. The van der Waals surface area contributed by atoms with Crippen molar-refractivity contribution in [3.63, 3.8) is 0 Å². The molecule has 4 aromatic carbocycles. The summed E-state index contributed by atoms with van der Waals surface area (Å²) in [5.74, 6) is 0. The lowest BCUT2D eigenvalue weighted by Gasteiger charge is -2.29. The van der Waals surface area contributed by atoms with Crippen LogP contribution in [0.15, 0.2) is 84.9 Å². The Morgan fingerprint density at radius 3 is 1.58 bits per heavy atom. The van der Waals surface area contributed by atoms with Crippen LogP contribution < -0.4 is 10.6 Å². The van der Waals surface area contributed by atoms with Crippen LogP contribution in [0.2, 0.25) is 0 Å². The third kappa shape index (κ3) is 2.90. The zero-order valence-electron chi connectivity index (χ0n) is 17.6. The number of hydrogen-bond donors (Lipinski definition) is 1. The second-order valence-corrected chi connectivity index (χ2v) is 8.57. The molecule has 2 aliphatic carbocycles. The Hall–Kier alpha value is -3.36. The Kier molecular flexibility index (Phi) is 4.40. The van der Waals surface area contributed by atoms with Crippen molar-refractivity contribution < 1.29 is 0 Å². The van der Waals surface area contributed by atoms with E-state index in [2.05, 4.69) is 89.8 Å². The van der Waals surface area contributed by atoms with Crippen LogP contribution in [0.25, 0.3) is 22.3 Å². The molecule has 0 unspecified atom stereocenters. The van der Waals surface area contributed by atoms with Gasteiger partial charge in [-0.2, -0.15) is 0 Å². The molecule has 0 saturated heterocycles. The quantitative estimate of drug-likeness (QED) is 0.366. The third-order valence-corrected chi connectivity index (χ3v) is 6.82. The number of hydrogen-bond acceptors (Lipinski definition) is 2. The van der Waals surface area contributed by atoms with Crippen molar-refractivity contribution in [1.82, 2.24) is 0 Å². The first-order valence-electron chi connectivity index (χ1n) is 11.2. The molecule has 0 amide bonds. The predicted molar refractivity (Wildman–Crippen MR) is 130 cm³/mol. The highest BCUT2D eigenvalue weighted by Crippen LogP contribution is 2.46. The lowest BCUT2D eigenvalue weighted by molar-refractivity contribution is 0.813. The van der Waals surface area contributed by atoms with Gasteiger partial charge in [0.15, 0.2) is 0 Å². The Morgan fingerprint density at radius 1 is 0.581 bits per heavy atom. The average molecular weight is 403 g/mol. The van der Waals surface area contributed by atoms with Gasteiger partial charge in [-0.25, -0.2) is 0 Å². The van der Waals surface area contributed by atoms with Gasteiger partial charge in [0.25, 0.3) is 0 Å². The number of fused-ring (bicyclic) bond motifs is 6. The first-order valence-corrected chi connectivity index (χ1v) is 11.2. The van der Waals surface area contributed by atoms with Crippen molar-refractivity contribution in [2.24, 2.45) is 5.73 Å².